The number of likely N-dealkylation sites (tertiary alicyclic amines) is 1. The van der Waals surface area contributed by atoms with Crippen molar-refractivity contribution in [2.45, 2.75) is 65.8 Å². The molecular formula is C23H33N3O3S. The molecule has 0 unspecified atom stereocenters. The molecule has 1 aromatic carbocycles. The van der Waals surface area contributed by atoms with Crippen molar-refractivity contribution in [1.29, 1.82) is 0 Å². The van der Waals surface area contributed by atoms with Gasteiger partial charge in [-0.3, -0.25) is 4.79 Å². The number of rotatable bonds is 5. The molecule has 0 aliphatic carbocycles. The number of benzene rings is 1. The van der Waals surface area contributed by atoms with Crippen LogP contribution in [0.15, 0.2) is 34.2 Å². The van der Waals surface area contributed by atoms with Crippen molar-refractivity contribution < 1.29 is 13.2 Å². The van der Waals surface area contributed by atoms with Crippen LogP contribution in [-0.2, 0) is 14.8 Å². The molecule has 164 valence electrons. The van der Waals surface area contributed by atoms with Gasteiger partial charge in [0.2, 0.25) is 5.91 Å². The van der Waals surface area contributed by atoms with Crippen molar-refractivity contribution in [2.24, 2.45) is 10.3 Å². The fourth-order valence-corrected chi connectivity index (χ4v) is 5.45. The van der Waals surface area contributed by atoms with E-state index in [1.807, 2.05) is 49.9 Å². The van der Waals surface area contributed by atoms with Gasteiger partial charge >= 0.3 is 0 Å². The van der Waals surface area contributed by atoms with Gasteiger partial charge in [0.25, 0.3) is 10.0 Å². The van der Waals surface area contributed by atoms with E-state index in [0.29, 0.717) is 40.9 Å². The van der Waals surface area contributed by atoms with Gasteiger partial charge in [-0.1, -0.05) is 52.0 Å². The number of hydrogen-bond donors (Lipinski definition) is 1. The number of carbonyl (C=O) groups is 1. The third kappa shape index (κ3) is 4.61. The van der Waals surface area contributed by atoms with Gasteiger partial charge in [0.05, 0.1) is 0 Å². The molecule has 1 amide bonds. The van der Waals surface area contributed by atoms with E-state index in [2.05, 4.69) is 23.6 Å². The maximum Gasteiger partial charge on any atom is 0.285 e. The van der Waals surface area contributed by atoms with Crippen LogP contribution >= 0.6 is 0 Å². The van der Waals surface area contributed by atoms with E-state index in [9.17, 15) is 13.2 Å². The largest absolute Gasteiger partial charge is 0.356 e. The quantitative estimate of drug-likeness (QED) is 0.767. The first-order chi connectivity index (χ1) is 14.1. The normalized spacial score (nSPS) is 20.5. The summed E-state index contributed by atoms with van der Waals surface area (Å²) in [6.45, 7) is 11.4. The lowest BCUT2D eigenvalue weighted by atomic mass is 10.00. The first-order valence-electron chi connectivity index (χ1n) is 10.9. The summed E-state index contributed by atoms with van der Waals surface area (Å²) in [7, 11) is -3.71. The van der Waals surface area contributed by atoms with Crippen molar-refractivity contribution >= 4 is 26.7 Å². The topological polar surface area (TPSA) is 78.8 Å². The van der Waals surface area contributed by atoms with Crippen molar-refractivity contribution in [1.82, 2.24) is 10.2 Å². The summed E-state index contributed by atoms with van der Waals surface area (Å²) in [6.07, 6.45) is 2.39. The van der Waals surface area contributed by atoms with Crippen molar-refractivity contribution in [2.75, 3.05) is 13.1 Å². The van der Waals surface area contributed by atoms with E-state index < -0.39 is 10.0 Å². The molecule has 0 bridgehead atoms. The molecule has 1 N–H and O–H groups in total. The van der Waals surface area contributed by atoms with Crippen LogP contribution in [0.5, 0.6) is 0 Å². The Morgan fingerprint density at radius 2 is 1.77 bits per heavy atom. The van der Waals surface area contributed by atoms with Gasteiger partial charge in [0, 0.05) is 30.6 Å². The molecule has 2 aliphatic rings. The Labute approximate surface area is 180 Å². The monoisotopic (exact) mass is 431 g/mol. The molecule has 0 radical (unpaired) electrons. The van der Waals surface area contributed by atoms with Gasteiger partial charge in [0.15, 0.2) is 0 Å². The highest BCUT2D eigenvalue weighted by Crippen LogP contribution is 2.34. The van der Waals surface area contributed by atoms with Crippen LogP contribution in [0.3, 0.4) is 0 Å². The molecule has 1 aromatic rings. The van der Waals surface area contributed by atoms with Crippen molar-refractivity contribution in [3.8, 4) is 0 Å². The second kappa shape index (κ2) is 8.92. The summed E-state index contributed by atoms with van der Waals surface area (Å²) >= 11 is 0. The van der Waals surface area contributed by atoms with Crippen LogP contribution in [0.2, 0.25) is 0 Å². The van der Waals surface area contributed by atoms with Gasteiger partial charge in [-0.05, 0) is 43.2 Å². The van der Waals surface area contributed by atoms with E-state index in [-0.39, 0.29) is 17.9 Å². The van der Waals surface area contributed by atoms with E-state index in [0.717, 1.165) is 19.3 Å². The number of amidine groups is 1. The third-order valence-electron chi connectivity index (χ3n) is 6.18. The minimum atomic E-state index is -3.71. The molecule has 6 nitrogen and oxygen atoms in total. The van der Waals surface area contributed by atoms with Gasteiger partial charge in [-0.2, -0.15) is 8.42 Å². The predicted octanol–water partition coefficient (Wildman–Crippen LogP) is 3.91. The van der Waals surface area contributed by atoms with E-state index >= 15 is 0 Å². The molecule has 1 saturated heterocycles. The second-order valence-corrected chi connectivity index (χ2v) is 10.2. The smallest absolute Gasteiger partial charge is 0.285 e. The number of piperidine rings is 1. The third-order valence-corrected chi connectivity index (χ3v) is 7.65. The maximum absolute atomic E-state index is 12.8. The maximum atomic E-state index is 12.8. The molecule has 1 fully saturated rings. The molecule has 2 aliphatic heterocycles. The number of amides is 1. The summed E-state index contributed by atoms with van der Waals surface area (Å²) in [5.74, 6) is 1.05. The van der Waals surface area contributed by atoms with Crippen LogP contribution in [-0.4, -0.2) is 44.2 Å². The van der Waals surface area contributed by atoms with Crippen LogP contribution < -0.4 is 5.32 Å². The average Bonchev–Trinajstić information content (AvgIpc) is 2.96. The standard InChI is InChI=1S/C23H33N3O3S/c1-6-16(4)23(27)24-20-11-13-26(14-12-20)22-17(5)21(30(28,29)25-22)19-9-7-18(8-10-19)15(2)3/h7-10,15-16,20H,6,11-14H2,1-5H3,(H,24,27)/t16-/m1/s1. The minimum Gasteiger partial charge on any atom is -0.356 e. The lowest BCUT2D eigenvalue weighted by Crippen LogP contribution is -2.47. The van der Waals surface area contributed by atoms with Crippen molar-refractivity contribution in [3.05, 3.63) is 41.0 Å². The lowest BCUT2D eigenvalue weighted by Gasteiger charge is -2.34. The first-order valence-corrected chi connectivity index (χ1v) is 12.3. The molecule has 0 saturated carbocycles. The molecule has 2 heterocycles. The number of sulfonamides is 1. The highest BCUT2D eigenvalue weighted by atomic mass is 32.2. The zero-order valence-electron chi connectivity index (χ0n) is 18.6. The number of carbonyl (C=O) groups excluding carboxylic acids is 1. The van der Waals surface area contributed by atoms with Gasteiger partial charge in [-0.15, -0.1) is 4.40 Å². The second-order valence-electron chi connectivity index (χ2n) is 8.70. The Kier molecular flexibility index (Phi) is 6.70. The molecule has 7 heteroatoms. The van der Waals surface area contributed by atoms with Gasteiger partial charge in [0.1, 0.15) is 10.7 Å². The first kappa shape index (κ1) is 22.5. The molecule has 0 aromatic heterocycles. The van der Waals surface area contributed by atoms with Crippen LogP contribution in [0.4, 0.5) is 0 Å². The van der Waals surface area contributed by atoms with Gasteiger partial charge in [-0.25, -0.2) is 0 Å². The lowest BCUT2D eigenvalue weighted by molar-refractivity contribution is -0.125. The van der Waals surface area contributed by atoms with E-state index in [1.54, 1.807) is 0 Å². The summed E-state index contributed by atoms with van der Waals surface area (Å²) in [6, 6.07) is 7.86. The Morgan fingerprint density at radius 3 is 2.30 bits per heavy atom. The predicted molar refractivity (Wildman–Crippen MR) is 122 cm³/mol. The summed E-state index contributed by atoms with van der Waals surface area (Å²) in [5.41, 5.74) is 2.57. The van der Waals surface area contributed by atoms with Crippen LogP contribution in [0.1, 0.15) is 70.9 Å². The van der Waals surface area contributed by atoms with Crippen molar-refractivity contribution in [3.63, 3.8) is 0 Å². The SMILES string of the molecule is CC[C@@H](C)C(=O)NC1CCN(C2=NS(=O)(=O)C(c3ccc(C(C)C)cc3)=C2C)CC1. The molecule has 30 heavy (non-hydrogen) atoms. The number of nitrogens with one attached hydrogen (secondary N) is 1. The molecular weight excluding hydrogens is 398 g/mol. The molecule has 0 spiro atoms. The molecule has 3 rings (SSSR count). The highest BCUT2D eigenvalue weighted by molar-refractivity contribution is 8.00. The Morgan fingerprint density at radius 1 is 1.17 bits per heavy atom. The zero-order valence-corrected chi connectivity index (χ0v) is 19.4. The Hall–Kier alpha value is -2.15. The molecule has 1 atom stereocenters. The number of hydrogen-bond acceptors (Lipinski definition) is 4. The summed E-state index contributed by atoms with van der Waals surface area (Å²) in [4.78, 5) is 14.5. The Balaban J connectivity index is 1.74. The number of nitrogens with zero attached hydrogens (tertiary/aromatic N) is 2. The van der Waals surface area contributed by atoms with Gasteiger partial charge < -0.3 is 10.2 Å². The summed E-state index contributed by atoms with van der Waals surface area (Å²) < 4.78 is 29.8. The average molecular weight is 432 g/mol. The Bertz CT molecular complexity index is 954. The minimum absolute atomic E-state index is 0.0159. The highest BCUT2D eigenvalue weighted by Gasteiger charge is 2.35. The summed E-state index contributed by atoms with van der Waals surface area (Å²) in [5, 5.41) is 3.12. The van der Waals surface area contributed by atoms with E-state index in [1.165, 1.54) is 5.56 Å². The zero-order chi connectivity index (χ0) is 22.1. The van der Waals surface area contributed by atoms with Crippen LogP contribution in [0, 0.1) is 5.92 Å². The van der Waals surface area contributed by atoms with Crippen LogP contribution in [0.25, 0.3) is 4.91 Å². The fraction of sp³-hybridized carbons (Fsp3) is 0.565. The van der Waals surface area contributed by atoms with E-state index in [4.69, 9.17) is 0 Å². The fourth-order valence-electron chi connectivity index (χ4n) is 3.97.